The van der Waals surface area contributed by atoms with Gasteiger partial charge in [0.05, 0.1) is 0 Å². The van der Waals surface area contributed by atoms with E-state index in [-0.39, 0.29) is 37.5 Å². The molecule has 0 aromatic heterocycles. The summed E-state index contributed by atoms with van der Waals surface area (Å²) in [6.45, 7) is 6.39. The van der Waals surface area contributed by atoms with Gasteiger partial charge in [-0.25, -0.2) is 0 Å². The lowest BCUT2D eigenvalue weighted by molar-refractivity contribution is -0.167. The Kier molecular flexibility index (Phi) is 44.5. The Balaban J connectivity index is 4.50. The summed E-state index contributed by atoms with van der Waals surface area (Å²) in [4.78, 5) is 37.8. The topological polar surface area (TPSA) is 78.9 Å². The maximum Gasteiger partial charge on any atom is 0.306 e. The lowest BCUT2D eigenvalue weighted by atomic mass is 10.1. The van der Waals surface area contributed by atoms with E-state index in [1.165, 1.54) is 77.0 Å². The molecule has 59 heavy (non-hydrogen) atoms. The quantitative estimate of drug-likeness (QED) is 0.0201. The average Bonchev–Trinajstić information content (AvgIpc) is 3.23. The first-order valence-corrected chi connectivity index (χ1v) is 24.1. The van der Waals surface area contributed by atoms with E-state index in [2.05, 4.69) is 99.8 Å². The zero-order valence-corrected chi connectivity index (χ0v) is 38.2. The summed E-state index contributed by atoms with van der Waals surface area (Å²) >= 11 is 0. The minimum absolute atomic E-state index is 0.101. The predicted octanol–water partition coefficient (Wildman–Crippen LogP) is 15.6. The normalized spacial score (nSPS) is 12.8. The zero-order chi connectivity index (χ0) is 43.0. The van der Waals surface area contributed by atoms with Crippen molar-refractivity contribution in [2.75, 3.05) is 13.2 Å². The molecule has 336 valence electrons. The molecular weight excluding hydrogens is 733 g/mol. The Morgan fingerprint density at radius 2 is 0.746 bits per heavy atom. The lowest BCUT2D eigenvalue weighted by Gasteiger charge is -2.18. The Hall–Kier alpha value is -3.41. The summed E-state index contributed by atoms with van der Waals surface area (Å²) < 4.78 is 16.7. The van der Waals surface area contributed by atoms with E-state index >= 15 is 0 Å². The molecule has 6 heteroatoms. The van der Waals surface area contributed by atoms with Gasteiger partial charge in [0.1, 0.15) is 13.2 Å². The molecule has 0 heterocycles. The van der Waals surface area contributed by atoms with E-state index in [0.29, 0.717) is 19.3 Å². The highest BCUT2D eigenvalue weighted by molar-refractivity contribution is 5.71. The van der Waals surface area contributed by atoms with Crippen LogP contribution in [-0.4, -0.2) is 37.2 Å². The van der Waals surface area contributed by atoms with Gasteiger partial charge in [-0.05, 0) is 77.0 Å². The second-order valence-electron chi connectivity index (χ2n) is 15.7. The summed E-state index contributed by atoms with van der Waals surface area (Å²) in [5.41, 5.74) is 0. The molecule has 6 nitrogen and oxygen atoms in total. The number of esters is 3. The van der Waals surface area contributed by atoms with Crippen LogP contribution in [0.3, 0.4) is 0 Å². The van der Waals surface area contributed by atoms with Crippen LogP contribution in [0.1, 0.15) is 213 Å². The molecule has 1 unspecified atom stereocenters. The molecule has 0 spiro atoms. The molecule has 0 amide bonds. The minimum atomic E-state index is -0.806. The molecule has 0 aliphatic rings. The van der Waals surface area contributed by atoms with Gasteiger partial charge in [0.2, 0.25) is 0 Å². The number of allylic oxidation sites excluding steroid dienone is 14. The first-order valence-electron chi connectivity index (χ1n) is 24.1. The van der Waals surface area contributed by atoms with Crippen molar-refractivity contribution >= 4 is 17.9 Å². The van der Waals surface area contributed by atoms with Crippen molar-refractivity contribution in [2.24, 2.45) is 0 Å². The van der Waals surface area contributed by atoms with Gasteiger partial charge >= 0.3 is 17.9 Å². The summed E-state index contributed by atoms with van der Waals surface area (Å²) in [6, 6.07) is 0. The Morgan fingerprint density at radius 3 is 1.27 bits per heavy atom. The third-order valence-corrected chi connectivity index (χ3v) is 9.95. The summed E-state index contributed by atoms with van der Waals surface area (Å²) in [6.07, 6.45) is 60.0. The number of carbonyl (C=O) groups excluding carboxylic acids is 3. The third-order valence-electron chi connectivity index (χ3n) is 9.95. The standard InChI is InChI=1S/C53H88O6/c1-4-7-10-13-16-19-22-24-25-26-27-29-31-34-37-40-43-46-52(55)58-49-50(48-57-51(54)45-42-39-36-33-30-21-18-15-12-9-6-3)59-53(56)47-44-41-38-35-32-28-23-20-17-14-11-8-5-2/h8,11,14,16-17,19-20,23-25,27,29,34,37,50H,4-7,9-10,12-13,15,18,21-22,26,28,30-33,35-36,38-49H2,1-3H3/b11-8-,17-14-,19-16-,23-20-,25-24-,29-27-,37-34-. The second kappa shape index (κ2) is 47.3. The predicted molar refractivity (Wildman–Crippen MR) is 251 cm³/mol. The van der Waals surface area contributed by atoms with Crippen molar-refractivity contribution in [1.82, 2.24) is 0 Å². The molecule has 0 rings (SSSR count). The van der Waals surface area contributed by atoms with E-state index < -0.39 is 6.10 Å². The molecule has 0 saturated heterocycles. The molecule has 0 fully saturated rings. The Bertz CT molecular complexity index is 1170. The number of carbonyl (C=O) groups is 3. The van der Waals surface area contributed by atoms with Gasteiger partial charge < -0.3 is 14.2 Å². The number of ether oxygens (including phenoxy) is 3. The smallest absolute Gasteiger partial charge is 0.306 e. The van der Waals surface area contributed by atoms with E-state index in [9.17, 15) is 14.4 Å². The number of unbranched alkanes of at least 4 members (excludes halogenated alkanes) is 19. The van der Waals surface area contributed by atoms with Crippen molar-refractivity contribution in [3.8, 4) is 0 Å². The van der Waals surface area contributed by atoms with Crippen LogP contribution in [0.4, 0.5) is 0 Å². The van der Waals surface area contributed by atoms with Gasteiger partial charge in [0, 0.05) is 19.3 Å². The van der Waals surface area contributed by atoms with Gasteiger partial charge in [-0.15, -0.1) is 0 Å². The largest absolute Gasteiger partial charge is 0.462 e. The van der Waals surface area contributed by atoms with Crippen LogP contribution in [-0.2, 0) is 28.6 Å². The summed E-state index contributed by atoms with van der Waals surface area (Å²) in [7, 11) is 0. The lowest BCUT2D eigenvalue weighted by Crippen LogP contribution is -2.30. The van der Waals surface area contributed by atoms with Gasteiger partial charge in [-0.3, -0.25) is 14.4 Å². The van der Waals surface area contributed by atoms with Crippen molar-refractivity contribution in [2.45, 2.75) is 219 Å². The van der Waals surface area contributed by atoms with Crippen LogP contribution in [0.15, 0.2) is 85.1 Å². The first-order chi connectivity index (χ1) is 29.0. The van der Waals surface area contributed by atoms with Crippen LogP contribution < -0.4 is 0 Å². The molecule has 1 atom stereocenters. The SMILES string of the molecule is CC\C=C/C=C\C=C/CCCCCCCC(=O)OC(COC(=O)CCC/C=C\C/C=C\C/C=C\C/C=C\CCCCC)COC(=O)CCCCCCCCCCCCC. The Labute approximate surface area is 363 Å². The van der Waals surface area contributed by atoms with E-state index in [0.717, 1.165) is 89.9 Å². The van der Waals surface area contributed by atoms with E-state index in [1.807, 2.05) is 6.08 Å². The monoisotopic (exact) mass is 821 g/mol. The van der Waals surface area contributed by atoms with Gasteiger partial charge in [-0.2, -0.15) is 0 Å². The number of hydrogen-bond acceptors (Lipinski definition) is 6. The fourth-order valence-electron chi connectivity index (χ4n) is 6.32. The van der Waals surface area contributed by atoms with Gasteiger partial charge in [0.15, 0.2) is 6.10 Å². The summed E-state index contributed by atoms with van der Waals surface area (Å²) in [5.74, 6) is -0.986. The molecular formula is C53H88O6. The fraction of sp³-hybridized carbons (Fsp3) is 0.679. The molecule has 0 aromatic carbocycles. The molecule has 0 aliphatic carbocycles. The maximum absolute atomic E-state index is 12.7. The van der Waals surface area contributed by atoms with E-state index in [4.69, 9.17) is 14.2 Å². The first kappa shape index (κ1) is 55.6. The van der Waals surface area contributed by atoms with Gasteiger partial charge in [-0.1, -0.05) is 202 Å². The average molecular weight is 821 g/mol. The van der Waals surface area contributed by atoms with E-state index in [1.54, 1.807) is 0 Å². The van der Waals surface area contributed by atoms with Crippen LogP contribution in [0.5, 0.6) is 0 Å². The van der Waals surface area contributed by atoms with Crippen molar-refractivity contribution in [1.29, 1.82) is 0 Å². The molecule has 0 aromatic rings. The fourth-order valence-corrected chi connectivity index (χ4v) is 6.32. The maximum atomic E-state index is 12.7. The minimum Gasteiger partial charge on any atom is -0.462 e. The van der Waals surface area contributed by atoms with Crippen molar-refractivity contribution < 1.29 is 28.6 Å². The number of hydrogen-bond donors (Lipinski definition) is 0. The highest BCUT2D eigenvalue weighted by atomic mass is 16.6. The third kappa shape index (κ3) is 45.5. The van der Waals surface area contributed by atoms with Crippen LogP contribution >= 0.6 is 0 Å². The van der Waals surface area contributed by atoms with Crippen molar-refractivity contribution in [3.63, 3.8) is 0 Å². The zero-order valence-electron chi connectivity index (χ0n) is 38.2. The highest BCUT2D eigenvalue weighted by Crippen LogP contribution is 2.13. The van der Waals surface area contributed by atoms with Crippen molar-refractivity contribution in [3.05, 3.63) is 85.1 Å². The molecule has 0 N–H and O–H groups in total. The van der Waals surface area contributed by atoms with Gasteiger partial charge in [0.25, 0.3) is 0 Å². The van der Waals surface area contributed by atoms with Crippen LogP contribution in [0.25, 0.3) is 0 Å². The molecule has 0 bridgehead atoms. The molecule has 0 saturated carbocycles. The summed E-state index contributed by atoms with van der Waals surface area (Å²) in [5, 5.41) is 0. The second-order valence-corrected chi connectivity index (χ2v) is 15.7. The van der Waals surface area contributed by atoms with Crippen LogP contribution in [0.2, 0.25) is 0 Å². The number of rotatable bonds is 42. The molecule has 0 aliphatic heterocycles. The van der Waals surface area contributed by atoms with Crippen LogP contribution in [0, 0.1) is 0 Å². The molecule has 0 radical (unpaired) electrons. The Morgan fingerprint density at radius 1 is 0.373 bits per heavy atom. The highest BCUT2D eigenvalue weighted by Gasteiger charge is 2.19.